The number of ether oxygens (including phenoxy) is 1. The van der Waals surface area contributed by atoms with Crippen molar-refractivity contribution < 1.29 is 9.53 Å². The van der Waals surface area contributed by atoms with Gasteiger partial charge < -0.3 is 10.5 Å². The van der Waals surface area contributed by atoms with Gasteiger partial charge in [-0.05, 0) is 25.0 Å². The Morgan fingerprint density at radius 1 is 1.38 bits per heavy atom. The van der Waals surface area contributed by atoms with Crippen molar-refractivity contribution in [1.82, 2.24) is 0 Å². The number of Topliss-reactive ketones (excluding diaryl/α,β-unsaturated/α-hetero) is 1. The summed E-state index contributed by atoms with van der Waals surface area (Å²) in [5.41, 5.74) is 6.15. The highest BCUT2D eigenvalue weighted by Gasteiger charge is 2.37. The highest BCUT2D eigenvalue weighted by molar-refractivity contribution is 6.03. The van der Waals surface area contributed by atoms with E-state index in [1.165, 1.54) is 0 Å². The van der Waals surface area contributed by atoms with Crippen LogP contribution in [0.3, 0.4) is 0 Å². The Hall–Kier alpha value is -1.35. The number of hydrogen-bond donors (Lipinski definition) is 1. The summed E-state index contributed by atoms with van der Waals surface area (Å²) in [6.45, 7) is 0. The first-order chi connectivity index (χ1) is 7.65. The molecule has 0 aromatic heterocycles. The molecule has 3 heteroatoms. The second-order valence-electron chi connectivity index (χ2n) is 4.42. The van der Waals surface area contributed by atoms with E-state index in [2.05, 4.69) is 0 Å². The van der Waals surface area contributed by atoms with Gasteiger partial charge in [0.05, 0.1) is 12.6 Å². The van der Waals surface area contributed by atoms with E-state index in [-0.39, 0.29) is 5.78 Å². The zero-order valence-corrected chi connectivity index (χ0v) is 9.53. The monoisotopic (exact) mass is 219 g/mol. The zero-order chi connectivity index (χ0) is 11.6. The molecule has 1 aromatic rings. The van der Waals surface area contributed by atoms with Gasteiger partial charge in [-0.3, -0.25) is 4.79 Å². The molecule has 86 valence electrons. The van der Waals surface area contributed by atoms with Crippen molar-refractivity contribution in [3.05, 3.63) is 29.8 Å². The van der Waals surface area contributed by atoms with Gasteiger partial charge in [-0.1, -0.05) is 25.0 Å². The van der Waals surface area contributed by atoms with E-state index in [0.717, 1.165) is 25.7 Å². The minimum absolute atomic E-state index is 0.0453. The van der Waals surface area contributed by atoms with E-state index < -0.39 is 5.54 Å². The molecular weight excluding hydrogens is 202 g/mol. The molecule has 1 aliphatic carbocycles. The smallest absolute Gasteiger partial charge is 0.182 e. The van der Waals surface area contributed by atoms with Crippen LogP contribution in [0, 0.1) is 0 Å². The number of carbonyl (C=O) groups excluding carboxylic acids is 1. The Kier molecular flexibility index (Phi) is 2.97. The van der Waals surface area contributed by atoms with Gasteiger partial charge in [-0.2, -0.15) is 0 Å². The second kappa shape index (κ2) is 4.26. The normalized spacial score (nSPS) is 18.4. The van der Waals surface area contributed by atoms with Crippen LogP contribution in [-0.2, 0) is 0 Å². The molecule has 3 nitrogen and oxygen atoms in total. The summed E-state index contributed by atoms with van der Waals surface area (Å²) in [6, 6.07) is 7.21. The van der Waals surface area contributed by atoms with Crippen LogP contribution in [0.2, 0.25) is 0 Å². The van der Waals surface area contributed by atoms with E-state index in [4.69, 9.17) is 10.5 Å². The summed E-state index contributed by atoms with van der Waals surface area (Å²) >= 11 is 0. The first-order valence-electron chi connectivity index (χ1n) is 5.63. The summed E-state index contributed by atoms with van der Waals surface area (Å²) < 4.78 is 5.11. The molecule has 0 heterocycles. The number of rotatable bonds is 3. The third kappa shape index (κ3) is 1.95. The van der Waals surface area contributed by atoms with Gasteiger partial charge in [0.1, 0.15) is 5.75 Å². The number of methoxy groups -OCH3 is 1. The Morgan fingerprint density at radius 3 is 2.69 bits per heavy atom. The molecule has 0 atom stereocenters. The molecule has 1 aromatic carbocycles. The largest absolute Gasteiger partial charge is 0.497 e. The molecule has 0 aliphatic heterocycles. The third-order valence-electron chi connectivity index (χ3n) is 3.28. The lowest BCUT2D eigenvalue weighted by Gasteiger charge is -2.21. The first-order valence-corrected chi connectivity index (χ1v) is 5.63. The summed E-state index contributed by atoms with van der Waals surface area (Å²) in [5.74, 6) is 0.747. The number of carbonyl (C=O) groups is 1. The SMILES string of the molecule is COc1cccc(C(=O)C2(N)CCCC2)c1. The predicted octanol–water partition coefficient (Wildman–Crippen LogP) is 2.15. The van der Waals surface area contributed by atoms with Crippen molar-refractivity contribution in [2.75, 3.05) is 7.11 Å². The minimum atomic E-state index is -0.646. The lowest BCUT2D eigenvalue weighted by atomic mass is 9.89. The number of ketones is 1. The average molecular weight is 219 g/mol. The molecule has 16 heavy (non-hydrogen) atoms. The standard InChI is InChI=1S/C13H17NO2/c1-16-11-6-4-5-10(9-11)12(15)13(14)7-2-3-8-13/h4-6,9H,2-3,7-8,14H2,1H3. The minimum Gasteiger partial charge on any atom is -0.497 e. The van der Waals surface area contributed by atoms with Gasteiger partial charge in [-0.15, -0.1) is 0 Å². The summed E-state index contributed by atoms with van der Waals surface area (Å²) in [7, 11) is 1.59. The van der Waals surface area contributed by atoms with Crippen LogP contribution in [0.4, 0.5) is 0 Å². The van der Waals surface area contributed by atoms with Crippen LogP contribution in [0.15, 0.2) is 24.3 Å². The molecule has 2 rings (SSSR count). The van der Waals surface area contributed by atoms with E-state index in [9.17, 15) is 4.79 Å². The van der Waals surface area contributed by atoms with Crippen LogP contribution in [0.25, 0.3) is 0 Å². The third-order valence-corrected chi connectivity index (χ3v) is 3.28. The fourth-order valence-electron chi connectivity index (χ4n) is 2.28. The molecule has 0 saturated heterocycles. The molecule has 1 saturated carbocycles. The van der Waals surface area contributed by atoms with E-state index in [1.807, 2.05) is 12.1 Å². The van der Waals surface area contributed by atoms with Gasteiger partial charge in [0.15, 0.2) is 5.78 Å². The second-order valence-corrected chi connectivity index (χ2v) is 4.42. The van der Waals surface area contributed by atoms with Gasteiger partial charge in [-0.25, -0.2) is 0 Å². The fraction of sp³-hybridized carbons (Fsp3) is 0.462. The summed E-state index contributed by atoms with van der Waals surface area (Å²) in [4.78, 5) is 12.3. The highest BCUT2D eigenvalue weighted by Crippen LogP contribution is 2.31. The molecule has 0 amide bonds. The van der Waals surface area contributed by atoms with Gasteiger partial charge in [0.25, 0.3) is 0 Å². The lowest BCUT2D eigenvalue weighted by molar-refractivity contribution is 0.0891. The van der Waals surface area contributed by atoms with Crippen LogP contribution < -0.4 is 10.5 Å². The number of benzene rings is 1. The molecule has 2 N–H and O–H groups in total. The maximum absolute atomic E-state index is 12.3. The predicted molar refractivity (Wildman–Crippen MR) is 62.7 cm³/mol. The van der Waals surface area contributed by atoms with Crippen molar-refractivity contribution >= 4 is 5.78 Å². The van der Waals surface area contributed by atoms with Crippen LogP contribution >= 0.6 is 0 Å². The molecule has 0 unspecified atom stereocenters. The highest BCUT2D eigenvalue weighted by atomic mass is 16.5. The van der Waals surface area contributed by atoms with Gasteiger partial charge in [0, 0.05) is 5.56 Å². The summed E-state index contributed by atoms with van der Waals surface area (Å²) in [5, 5.41) is 0. The van der Waals surface area contributed by atoms with Crippen LogP contribution in [0.1, 0.15) is 36.0 Å². The molecule has 1 aliphatic rings. The Balaban J connectivity index is 2.26. The first kappa shape index (κ1) is 11.1. The number of nitrogens with two attached hydrogens (primary N) is 1. The molecular formula is C13H17NO2. The summed E-state index contributed by atoms with van der Waals surface area (Å²) in [6.07, 6.45) is 3.69. The molecule has 0 radical (unpaired) electrons. The Labute approximate surface area is 95.6 Å². The van der Waals surface area contributed by atoms with Crippen molar-refractivity contribution in [2.24, 2.45) is 5.73 Å². The Bertz CT molecular complexity index is 395. The van der Waals surface area contributed by atoms with Crippen LogP contribution in [0.5, 0.6) is 5.75 Å². The number of hydrogen-bond acceptors (Lipinski definition) is 3. The fourth-order valence-corrected chi connectivity index (χ4v) is 2.28. The molecule has 1 fully saturated rings. The molecule has 0 spiro atoms. The maximum Gasteiger partial charge on any atom is 0.182 e. The van der Waals surface area contributed by atoms with Crippen molar-refractivity contribution in [3.8, 4) is 5.75 Å². The lowest BCUT2D eigenvalue weighted by Crippen LogP contribution is -2.45. The maximum atomic E-state index is 12.3. The average Bonchev–Trinajstić information content (AvgIpc) is 2.76. The van der Waals surface area contributed by atoms with Crippen molar-refractivity contribution in [1.29, 1.82) is 0 Å². The zero-order valence-electron chi connectivity index (χ0n) is 9.53. The Morgan fingerprint density at radius 2 is 2.06 bits per heavy atom. The van der Waals surface area contributed by atoms with Gasteiger partial charge in [0.2, 0.25) is 0 Å². The van der Waals surface area contributed by atoms with Crippen LogP contribution in [-0.4, -0.2) is 18.4 Å². The van der Waals surface area contributed by atoms with Crippen molar-refractivity contribution in [2.45, 2.75) is 31.2 Å². The van der Waals surface area contributed by atoms with E-state index in [1.54, 1.807) is 19.2 Å². The topological polar surface area (TPSA) is 52.3 Å². The van der Waals surface area contributed by atoms with Gasteiger partial charge >= 0.3 is 0 Å². The quantitative estimate of drug-likeness (QED) is 0.792. The van der Waals surface area contributed by atoms with E-state index >= 15 is 0 Å². The van der Waals surface area contributed by atoms with Crippen molar-refractivity contribution in [3.63, 3.8) is 0 Å². The molecule has 0 bridgehead atoms. The van der Waals surface area contributed by atoms with E-state index in [0.29, 0.717) is 11.3 Å².